The summed E-state index contributed by atoms with van der Waals surface area (Å²) in [6.07, 6.45) is 0.882. The van der Waals surface area contributed by atoms with Gasteiger partial charge in [-0.05, 0) is 41.8 Å². The topological polar surface area (TPSA) is 49.3 Å². The van der Waals surface area contributed by atoms with Crippen LogP contribution in [0.25, 0.3) is 0 Å². The summed E-state index contributed by atoms with van der Waals surface area (Å²) >= 11 is 0. The molecule has 0 atom stereocenters. The fourth-order valence-corrected chi connectivity index (χ4v) is 2.47. The number of nitrogens with one attached hydrogen (secondary N) is 1. The zero-order chi connectivity index (χ0) is 16.1. The average Bonchev–Trinajstić information content (AvgIpc) is 2.58. The van der Waals surface area contributed by atoms with Crippen LogP contribution >= 0.6 is 0 Å². The van der Waals surface area contributed by atoms with E-state index < -0.39 is 5.97 Å². The Kier molecular flexibility index (Phi) is 5.74. The van der Waals surface area contributed by atoms with E-state index in [1.165, 1.54) is 11.1 Å². The third-order valence-electron chi connectivity index (χ3n) is 3.64. The van der Waals surface area contributed by atoms with Crippen molar-refractivity contribution in [2.75, 3.05) is 5.32 Å². The second-order valence-electron chi connectivity index (χ2n) is 5.34. The normalized spacial score (nSPS) is 9.83. The molecule has 0 spiro atoms. The van der Waals surface area contributed by atoms with Gasteiger partial charge in [0, 0.05) is 5.69 Å². The van der Waals surface area contributed by atoms with Crippen LogP contribution in [-0.4, -0.2) is 11.1 Å². The van der Waals surface area contributed by atoms with Crippen molar-refractivity contribution < 1.29 is 9.90 Å². The van der Waals surface area contributed by atoms with Crippen molar-refractivity contribution in [3.63, 3.8) is 0 Å². The number of rotatable bonds is 5. The van der Waals surface area contributed by atoms with Gasteiger partial charge in [-0.15, -0.1) is 0 Å². The van der Waals surface area contributed by atoms with Gasteiger partial charge in [-0.1, -0.05) is 62.0 Å². The lowest BCUT2D eigenvalue weighted by molar-refractivity contribution is 0.0698. The van der Waals surface area contributed by atoms with Crippen LogP contribution in [0.15, 0.2) is 78.9 Å². The number of benzene rings is 3. The Labute approximate surface area is 142 Å². The van der Waals surface area contributed by atoms with E-state index in [1.807, 2.05) is 36.4 Å². The SMILES string of the molecule is C.O=C(O)c1ccccc1Nc1ccc(Cc2ccccc2)cc1. The van der Waals surface area contributed by atoms with Gasteiger partial charge in [-0.3, -0.25) is 0 Å². The number of aromatic carboxylic acids is 1. The van der Waals surface area contributed by atoms with Crippen LogP contribution in [0.3, 0.4) is 0 Å². The number of para-hydroxylation sites is 1. The number of carbonyl (C=O) groups is 1. The monoisotopic (exact) mass is 319 g/mol. The predicted octanol–water partition coefficient (Wildman–Crippen LogP) is 5.36. The van der Waals surface area contributed by atoms with Crippen LogP contribution in [0.2, 0.25) is 0 Å². The van der Waals surface area contributed by atoms with E-state index in [0.29, 0.717) is 5.69 Å². The van der Waals surface area contributed by atoms with Crippen LogP contribution in [0.5, 0.6) is 0 Å². The molecular weight excluding hydrogens is 298 g/mol. The van der Waals surface area contributed by atoms with Crippen molar-refractivity contribution in [1.82, 2.24) is 0 Å². The van der Waals surface area contributed by atoms with Gasteiger partial charge in [0.15, 0.2) is 0 Å². The molecule has 3 rings (SSSR count). The fourth-order valence-electron chi connectivity index (χ4n) is 2.47. The lowest BCUT2D eigenvalue weighted by Crippen LogP contribution is -2.02. The summed E-state index contributed by atoms with van der Waals surface area (Å²) in [5.74, 6) is -0.936. The summed E-state index contributed by atoms with van der Waals surface area (Å²) in [5.41, 5.74) is 4.21. The van der Waals surface area contributed by atoms with E-state index in [2.05, 4.69) is 29.6 Å². The van der Waals surface area contributed by atoms with Gasteiger partial charge in [-0.2, -0.15) is 0 Å². The molecule has 3 aromatic rings. The van der Waals surface area contributed by atoms with Crippen LogP contribution in [-0.2, 0) is 6.42 Å². The standard InChI is InChI=1S/C20H17NO2.CH4/c22-20(23)18-8-4-5-9-19(18)21-17-12-10-16(11-13-17)14-15-6-2-1-3-7-15;/h1-13,21H,14H2,(H,22,23);1H4. The van der Waals surface area contributed by atoms with Gasteiger partial charge >= 0.3 is 5.97 Å². The van der Waals surface area contributed by atoms with Crippen molar-refractivity contribution in [1.29, 1.82) is 0 Å². The summed E-state index contributed by atoms with van der Waals surface area (Å²) in [6, 6.07) is 25.2. The largest absolute Gasteiger partial charge is 0.478 e. The van der Waals surface area contributed by atoms with E-state index in [0.717, 1.165) is 12.1 Å². The first kappa shape index (κ1) is 17.3. The molecule has 3 nitrogen and oxygen atoms in total. The Morgan fingerprint density at radius 1 is 0.792 bits per heavy atom. The Bertz CT molecular complexity index is 796. The highest BCUT2D eigenvalue weighted by molar-refractivity contribution is 5.95. The Morgan fingerprint density at radius 2 is 1.38 bits per heavy atom. The van der Waals surface area contributed by atoms with Crippen LogP contribution in [0, 0.1) is 0 Å². The molecule has 0 bridgehead atoms. The molecule has 0 fully saturated rings. The second kappa shape index (κ2) is 7.97. The highest BCUT2D eigenvalue weighted by Gasteiger charge is 2.08. The minimum atomic E-state index is -0.936. The first-order valence-electron chi connectivity index (χ1n) is 7.44. The average molecular weight is 319 g/mol. The van der Waals surface area contributed by atoms with Crippen molar-refractivity contribution in [2.45, 2.75) is 13.8 Å². The molecule has 0 radical (unpaired) electrons. The molecule has 0 aliphatic rings. The minimum absolute atomic E-state index is 0. The zero-order valence-corrected chi connectivity index (χ0v) is 12.6. The van der Waals surface area contributed by atoms with Gasteiger partial charge in [0.1, 0.15) is 0 Å². The fraction of sp³-hybridized carbons (Fsp3) is 0.0952. The Balaban J connectivity index is 0.00000208. The first-order chi connectivity index (χ1) is 11.2. The van der Waals surface area contributed by atoms with Gasteiger partial charge in [-0.25, -0.2) is 4.79 Å². The summed E-state index contributed by atoms with van der Waals surface area (Å²) in [7, 11) is 0. The molecule has 0 aliphatic carbocycles. The quantitative estimate of drug-likeness (QED) is 0.666. The van der Waals surface area contributed by atoms with Gasteiger partial charge in [0.25, 0.3) is 0 Å². The number of carboxylic acid groups (broad SMARTS) is 1. The molecule has 0 saturated heterocycles. The number of hydrogen-bond acceptors (Lipinski definition) is 2. The summed E-state index contributed by atoms with van der Waals surface area (Å²) in [4.78, 5) is 11.2. The molecule has 24 heavy (non-hydrogen) atoms. The highest BCUT2D eigenvalue weighted by Crippen LogP contribution is 2.22. The smallest absolute Gasteiger partial charge is 0.337 e. The molecule has 0 unspecified atom stereocenters. The van der Waals surface area contributed by atoms with Crippen molar-refractivity contribution in [3.05, 3.63) is 95.6 Å². The predicted molar refractivity (Wildman–Crippen MR) is 99.1 cm³/mol. The van der Waals surface area contributed by atoms with E-state index in [1.54, 1.807) is 18.2 Å². The van der Waals surface area contributed by atoms with Crippen LogP contribution < -0.4 is 5.32 Å². The van der Waals surface area contributed by atoms with Gasteiger partial charge in [0.05, 0.1) is 11.3 Å². The molecule has 122 valence electrons. The lowest BCUT2D eigenvalue weighted by atomic mass is 10.0. The number of anilines is 2. The molecule has 3 aromatic carbocycles. The van der Waals surface area contributed by atoms with Gasteiger partial charge in [0.2, 0.25) is 0 Å². The molecule has 0 aliphatic heterocycles. The maximum atomic E-state index is 11.2. The van der Waals surface area contributed by atoms with E-state index in [4.69, 9.17) is 0 Å². The number of carboxylic acids is 1. The summed E-state index contributed by atoms with van der Waals surface area (Å²) in [5, 5.41) is 12.4. The third-order valence-corrected chi connectivity index (χ3v) is 3.64. The lowest BCUT2D eigenvalue weighted by Gasteiger charge is -2.10. The van der Waals surface area contributed by atoms with E-state index >= 15 is 0 Å². The Hall–Kier alpha value is -3.07. The molecular formula is C21H21NO2. The maximum absolute atomic E-state index is 11.2. The summed E-state index contributed by atoms with van der Waals surface area (Å²) in [6.45, 7) is 0. The van der Waals surface area contributed by atoms with Crippen LogP contribution in [0.4, 0.5) is 11.4 Å². The third kappa shape index (κ3) is 4.23. The molecule has 2 N–H and O–H groups in total. The maximum Gasteiger partial charge on any atom is 0.337 e. The Morgan fingerprint density at radius 3 is 2.04 bits per heavy atom. The highest BCUT2D eigenvalue weighted by atomic mass is 16.4. The van der Waals surface area contributed by atoms with E-state index in [-0.39, 0.29) is 13.0 Å². The van der Waals surface area contributed by atoms with E-state index in [9.17, 15) is 9.90 Å². The number of hydrogen-bond donors (Lipinski definition) is 2. The molecule has 0 aromatic heterocycles. The van der Waals surface area contributed by atoms with Crippen LogP contribution in [0.1, 0.15) is 28.9 Å². The molecule has 0 heterocycles. The molecule has 3 heteroatoms. The minimum Gasteiger partial charge on any atom is -0.478 e. The first-order valence-corrected chi connectivity index (χ1v) is 7.44. The van der Waals surface area contributed by atoms with Crippen molar-refractivity contribution in [3.8, 4) is 0 Å². The molecule has 0 saturated carbocycles. The molecule has 0 amide bonds. The second-order valence-corrected chi connectivity index (χ2v) is 5.34. The van der Waals surface area contributed by atoms with Crippen molar-refractivity contribution in [2.24, 2.45) is 0 Å². The summed E-state index contributed by atoms with van der Waals surface area (Å²) < 4.78 is 0. The van der Waals surface area contributed by atoms with Crippen molar-refractivity contribution >= 4 is 17.3 Å². The van der Waals surface area contributed by atoms with Gasteiger partial charge < -0.3 is 10.4 Å². The zero-order valence-electron chi connectivity index (χ0n) is 12.6.